The molecule has 7 nitrogen and oxygen atoms in total. The first-order chi connectivity index (χ1) is 10.9. The summed E-state index contributed by atoms with van der Waals surface area (Å²) in [5.41, 5.74) is -0.418. The zero-order valence-corrected chi connectivity index (χ0v) is 12.8. The minimum atomic E-state index is -4.10. The molecule has 0 atom stereocenters. The number of benzene rings is 2. The van der Waals surface area contributed by atoms with Gasteiger partial charge in [-0.1, -0.05) is 18.2 Å². The Labute approximate surface area is 130 Å². The maximum absolute atomic E-state index is 12.4. The van der Waals surface area contributed by atoms with Crippen molar-refractivity contribution in [1.82, 2.24) is 9.97 Å². The predicted molar refractivity (Wildman–Crippen MR) is 84.2 cm³/mol. The molecule has 0 saturated heterocycles. The summed E-state index contributed by atoms with van der Waals surface area (Å²) in [6.45, 7) is 1.72. The highest BCUT2D eigenvalue weighted by Gasteiger charge is 2.19. The zero-order chi connectivity index (χ0) is 16.6. The van der Waals surface area contributed by atoms with Crippen LogP contribution in [0.15, 0.2) is 56.9 Å². The van der Waals surface area contributed by atoms with Gasteiger partial charge in [-0.25, -0.2) is 4.79 Å². The molecule has 0 aliphatic carbocycles. The van der Waals surface area contributed by atoms with Gasteiger partial charge in [-0.2, -0.15) is 8.42 Å². The number of aromatic amines is 2. The molecule has 1 aromatic heterocycles. The number of hydrogen-bond acceptors (Lipinski definition) is 5. The van der Waals surface area contributed by atoms with Crippen molar-refractivity contribution in [1.29, 1.82) is 0 Å². The van der Waals surface area contributed by atoms with E-state index in [0.717, 1.165) is 6.07 Å². The second-order valence-electron chi connectivity index (χ2n) is 4.92. The lowest BCUT2D eigenvalue weighted by Crippen LogP contribution is -2.22. The van der Waals surface area contributed by atoms with Crippen LogP contribution < -0.4 is 15.4 Å². The van der Waals surface area contributed by atoms with E-state index in [2.05, 4.69) is 4.98 Å². The zero-order valence-electron chi connectivity index (χ0n) is 12.0. The normalized spacial score (nSPS) is 11.5. The van der Waals surface area contributed by atoms with Crippen molar-refractivity contribution in [3.8, 4) is 5.75 Å². The monoisotopic (exact) mass is 332 g/mol. The van der Waals surface area contributed by atoms with E-state index < -0.39 is 21.4 Å². The number of rotatable bonds is 3. The van der Waals surface area contributed by atoms with Crippen LogP contribution >= 0.6 is 0 Å². The summed E-state index contributed by atoms with van der Waals surface area (Å²) in [7, 11) is -4.10. The second-order valence-corrected chi connectivity index (χ2v) is 6.46. The van der Waals surface area contributed by atoms with Crippen LogP contribution in [0.4, 0.5) is 0 Å². The van der Waals surface area contributed by atoms with Gasteiger partial charge in [0.05, 0.1) is 10.9 Å². The minimum absolute atomic E-state index is 0.0547. The van der Waals surface area contributed by atoms with Gasteiger partial charge >= 0.3 is 15.8 Å². The number of H-pyrrole nitrogens is 2. The molecule has 0 radical (unpaired) electrons. The lowest BCUT2D eigenvalue weighted by atomic mass is 10.2. The third-order valence-corrected chi connectivity index (χ3v) is 4.52. The van der Waals surface area contributed by atoms with Gasteiger partial charge in [0, 0.05) is 0 Å². The number of aryl methyl sites for hydroxylation is 1. The highest BCUT2D eigenvalue weighted by Crippen LogP contribution is 2.23. The van der Waals surface area contributed by atoms with Crippen LogP contribution in [0, 0.1) is 6.92 Å². The Kier molecular flexibility index (Phi) is 3.53. The van der Waals surface area contributed by atoms with E-state index in [-0.39, 0.29) is 21.5 Å². The molecule has 118 valence electrons. The van der Waals surface area contributed by atoms with Crippen LogP contribution in [0.2, 0.25) is 0 Å². The van der Waals surface area contributed by atoms with E-state index in [9.17, 15) is 18.0 Å². The van der Waals surface area contributed by atoms with Gasteiger partial charge in [-0.05, 0) is 36.8 Å². The Hall–Kier alpha value is -2.87. The Bertz CT molecular complexity index is 1110. The van der Waals surface area contributed by atoms with Crippen LogP contribution in [0.25, 0.3) is 10.9 Å². The maximum atomic E-state index is 12.4. The van der Waals surface area contributed by atoms with Gasteiger partial charge in [0.25, 0.3) is 5.56 Å². The van der Waals surface area contributed by atoms with Crippen LogP contribution in [0.3, 0.4) is 0 Å². The highest BCUT2D eigenvalue weighted by molar-refractivity contribution is 7.87. The SMILES string of the molecule is Cc1ccccc1OS(=O)(=O)c1ccc2[nH]c(=O)[nH]c(=O)c2c1. The summed E-state index contributed by atoms with van der Waals surface area (Å²) in [5.74, 6) is 0.211. The molecule has 1 heterocycles. The average molecular weight is 332 g/mol. The number of nitrogens with one attached hydrogen (secondary N) is 2. The molecule has 2 N–H and O–H groups in total. The Balaban J connectivity index is 2.10. The molecule has 0 fully saturated rings. The molecule has 0 aliphatic heterocycles. The summed E-state index contributed by atoms with van der Waals surface area (Å²) in [6, 6.07) is 10.5. The van der Waals surface area contributed by atoms with E-state index in [4.69, 9.17) is 4.18 Å². The largest absolute Gasteiger partial charge is 0.379 e. The number of hydrogen-bond donors (Lipinski definition) is 2. The number of para-hydroxylation sites is 1. The molecule has 2 aromatic carbocycles. The number of aromatic nitrogens is 2. The quantitative estimate of drug-likeness (QED) is 0.703. The first kappa shape index (κ1) is 15.0. The van der Waals surface area contributed by atoms with Gasteiger partial charge in [-0.3, -0.25) is 9.78 Å². The van der Waals surface area contributed by atoms with Gasteiger partial charge in [-0.15, -0.1) is 0 Å². The molecule has 0 bridgehead atoms. The third kappa shape index (κ3) is 2.88. The maximum Gasteiger partial charge on any atom is 0.339 e. The summed E-state index contributed by atoms with van der Waals surface area (Å²) in [6.07, 6.45) is 0. The lowest BCUT2D eigenvalue weighted by Gasteiger charge is -2.09. The molecule has 0 spiro atoms. The molecule has 8 heteroatoms. The van der Waals surface area contributed by atoms with Crippen molar-refractivity contribution < 1.29 is 12.6 Å². The second kappa shape index (κ2) is 5.40. The molecule has 3 aromatic rings. The van der Waals surface area contributed by atoms with E-state index >= 15 is 0 Å². The van der Waals surface area contributed by atoms with Gasteiger partial charge < -0.3 is 9.17 Å². The molecule has 0 saturated carbocycles. The van der Waals surface area contributed by atoms with E-state index in [0.29, 0.717) is 5.56 Å². The Morgan fingerprint density at radius 1 is 1.00 bits per heavy atom. The fourth-order valence-electron chi connectivity index (χ4n) is 2.12. The van der Waals surface area contributed by atoms with Gasteiger partial charge in [0.2, 0.25) is 0 Å². The first-order valence-electron chi connectivity index (χ1n) is 6.63. The molecule has 0 aliphatic rings. The molecule has 3 rings (SSSR count). The smallest absolute Gasteiger partial charge is 0.339 e. The standard InChI is InChI=1S/C15H12N2O5S/c1-9-4-2-3-5-13(9)22-23(20,21)10-6-7-12-11(8-10)14(18)17-15(19)16-12/h2-8H,1H3,(H2,16,17,18,19). The Morgan fingerprint density at radius 3 is 2.48 bits per heavy atom. The topological polar surface area (TPSA) is 109 Å². The van der Waals surface area contributed by atoms with Gasteiger partial charge in [0.15, 0.2) is 0 Å². The van der Waals surface area contributed by atoms with Crippen molar-refractivity contribution in [2.24, 2.45) is 0 Å². The van der Waals surface area contributed by atoms with Gasteiger partial charge in [0.1, 0.15) is 10.6 Å². The third-order valence-electron chi connectivity index (χ3n) is 3.29. The van der Waals surface area contributed by atoms with E-state index in [1.807, 2.05) is 4.98 Å². The average Bonchev–Trinajstić information content (AvgIpc) is 2.49. The van der Waals surface area contributed by atoms with Crippen LogP contribution in [0.1, 0.15) is 5.56 Å². The Morgan fingerprint density at radius 2 is 1.74 bits per heavy atom. The van der Waals surface area contributed by atoms with Crippen molar-refractivity contribution in [2.45, 2.75) is 11.8 Å². The predicted octanol–water partition coefficient (Wildman–Crippen LogP) is 1.29. The molecular weight excluding hydrogens is 320 g/mol. The molecular formula is C15H12N2O5S. The van der Waals surface area contributed by atoms with Crippen molar-refractivity contribution >= 4 is 21.0 Å². The van der Waals surface area contributed by atoms with Crippen LogP contribution in [-0.2, 0) is 10.1 Å². The number of fused-ring (bicyclic) bond motifs is 1. The fraction of sp³-hybridized carbons (Fsp3) is 0.0667. The molecule has 0 unspecified atom stereocenters. The molecule has 0 amide bonds. The van der Waals surface area contributed by atoms with E-state index in [1.54, 1.807) is 25.1 Å². The molecule has 23 heavy (non-hydrogen) atoms. The lowest BCUT2D eigenvalue weighted by molar-refractivity contribution is 0.484. The summed E-state index contributed by atoms with van der Waals surface area (Å²) in [4.78, 5) is 27.3. The summed E-state index contributed by atoms with van der Waals surface area (Å²) in [5, 5.41) is 0.0547. The summed E-state index contributed by atoms with van der Waals surface area (Å²) < 4.78 is 29.9. The summed E-state index contributed by atoms with van der Waals surface area (Å²) >= 11 is 0. The minimum Gasteiger partial charge on any atom is -0.379 e. The van der Waals surface area contributed by atoms with Crippen LogP contribution in [-0.4, -0.2) is 18.4 Å². The highest BCUT2D eigenvalue weighted by atomic mass is 32.2. The van der Waals surface area contributed by atoms with Crippen molar-refractivity contribution in [3.63, 3.8) is 0 Å². The van der Waals surface area contributed by atoms with Crippen molar-refractivity contribution in [3.05, 3.63) is 68.9 Å². The fourth-order valence-corrected chi connectivity index (χ4v) is 3.13. The van der Waals surface area contributed by atoms with E-state index in [1.165, 1.54) is 18.2 Å². The van der Waals surface area contributed by atoms with Crippen LogP contribution in [0.5, 0.6) is 5.75 Å². The van der Waals surface area contributed by atoms with Crippen molar-refractivity contribution in [2.75, 3.05) is 0 Å². The first-order valence-corrected chi connectivity index (χ1v) is 8.04.